The van der Waals surface area contributed by atoms with Gasteiger partial charge in [0.25, 0.3) is 5.91 Å². The number of carbonyl (C=O) groups is 1. The minimum atomic E-state index is -1.18. The first-order valence-electron chi connectivity index (χ1n) is 10.4. The molecule has 3 aromatic heterocycles. The van der Waals surface area contributed by atoms with Crippen molar-refractivity contribution in [1.29, 1.82) is 0 Å². The highest BCUT2D eigenvalue weighted by Gasteiger charge is 2.21. The highest BCUT2D eigenvalue weighted by atomic mass is 32.1. The van der Waals surface area contributed by atoms with Gasteiger partial charge in [-0.2, -0.15) is 0 Å². The summed E-state index contributed by atoms with van der Waals surface area (Å²) < 4.78 is 14.9. The van der Waals surface area contributed by atoms with Crippen LogP contribution in [0.2, 0.25) is 0 Å². The minimum absolute atomic E-state index is 0.146. The monoisotopic (exact) mass is 478 g/mol. The number of hydrogen-bond acceptors (Lipinski definition) is 7. The maximum atomic E-state index is 14.9. The fourth-order valence-electron chi connectivity index (χ4n) is 3.35. The summed E-state index contributed by atoms with van der Waals surface area (Å²) in [7, 11) is 0. The average molecular weight is 479 g/mol. The van der Waals surface area contributed by atoms with E-state index in [1.165, 1.54) is 17.4 Å². The van der Waals surface area contributed by atoms with Gasteiger partial charge in [0.2, 0.25) is 0 Å². The standard InChI is InChI=1S/C25H23FN4O3S/c1-25(2,33)15-7-9-17(19(26)10-15)21-11-18(23(27)32)24(34-21)30-22-5-3-4-20(29-22)14-6-8-16(13-31)28-12-14/h3-12,31,33H,13H2,1-2H3,(H2,27,32)(H,29,30). The molecule has 7 nitrogen and oxygen atoms in total. The molecule has 5 N–H and O–H groups in total. The Balaban J connectivity index is 1.66. The van der Waals surface area contributed by atoms with Crippen molar-refractivity contribution in [3.05, 3.63) is 83.4 Å². The number of rotatable bonds is 7. The summed E-state index contributed by atoms with van der Waals surface area (Å²) in [6.07, 6.45) is 1.62. The van der Waals surface area contributed by atoms with E-state index in [1.54, 1.807) is 56.4 Å². The molecule has 0 unspecified atom stereocenters. The van der Waals surface area contributed by atoms with E-state index >= 15 is 0 Å². The minimum Gasteiger partial charge on any atom is -0.390 e. The molecule has 0 aliphatic rings. The molecule has 9 heteroatoms. The number of benzene rings is 1. The first-order chi connectivity index (χ1) is 16.2. The second-order valence-electron chi connectivity index (χ2n) is 8.20. The average Bonchev–Trinajstić information content (AvgIpc) is 3.22. The molecule has 0 aliphatic carbocycles. The Labute approximate surface area is 199 Å². The lowest BCUT2D eigenvalue weighted by Gasteiger charge is -2.18. The number of aromatic nitrogens is 2. The number of aliphatic hydroxyl groups is 2. The normalized spacial score (nSPS) is 11.4. The van der Waals surface area contributed by atoms with Gasteiger partial charge < -0.3 is 21.3 Å². The summed E-state index contributed by atoms with van der Waals surface area (Å²) in [6.45, 7) is 3.02. The maximum absolute atomic E-state index is 14.9. The third-order valence-corrected chi connectivity index (χ3v) is 6.30. The van der Waals surface area contributed by atoms with Crippen molar-refractivity contribution in [3.8, 4) is 21.7 Å². The number of primary amides is 1. The van der Waals surface area contributed by atoms with Gasteiger partial charge in [-0.05, 0) is 55.8 Å². The number of nitrogens with one attached hydrogen (secondary N) is 1. The summed E-state index contributed by atoms with van der Waals surface area (Å²) in [4.78, 5) is 21.3. The van der Waals surface area contributed by atoms with Gasteiger partial charge in [0.15, 0.2) is 0 Å². The topological polar surface area (TPSA) is 121 Å². The van der Waals surface area contributed by atoms with Gasteiger partial charge in [-0.15, -0.1) is 11.3 Å². The molecule has 0 spiro atoms. The summed E-state index contributed by atoms with van der Waals surface area (Å²) in [5.74, 6) is -0.696. The van der Waals surface area contributed by atoms with Gasteiger partial charge in [0, 0.05) is 22.2 Å². The Morgan fingerprint density at radius 1 is 1.18 bits per heavy atom. The van der Waals surface area contributed by atoms with E-state index < -0.39 is 17.3 Å². The van der Waals surface area contributed by atoms with Crippen molar-refractivity contribution >= 4 is 28.1 Å². The third kappa shape index (κ3) is 4.96. The fraction of sp³-hybridized carbons (Fsp3) is 0.160. The highest BCUT2D eigenvalue weighted by Crippen LogP contribution is 2.39. The second kappa shape index (κ2) is 9.30. The van der Waals surface area contributed by atoms with Gasteiger partial charge in [-0.25, -0.2) is 9.37 Å². The molecule has 0 fully saturated rings. The van der Waals surface area contributed by atoms with Crippen molar-refractivity contribution in [1.82, 2.24) is 9.97 Å². The number of halogens is 1. The quantitative estimate of drug-likeness (QED) is 0.309. The van der Waals surface area contributed by atoms with Crippen LogP contribution < -0.4 is 11.1 Å². The number of anilines is 2. The summed E-state index contributed by atoms with van der Waals surface area (Å²) in [5, 5.41) is 22.9. The van der Waals surface area contributed by atoms with Crippen LogP contribution in [-0.4, -0.2) is 26.1 Å². The lowest BCUT2D eigenvalue weighted by molar-refractivity contribution is 0.0782. The third-order valence-electron chi connectivity index (χ3n) is 5.21. The van der Waals surface area contributed by atoms with E-state index in [9.17, 15) is 14.3 Å². The van der Waals surface area contributed by atoms with Crippen molar-refractivity contribution < 1.29 is 19.4 Å². The predicted molar refractivity (Wildman–Crippen MR) is 130 cm³/mol. The number of hydrogen-bond donors (Lipinski definition) is 4. The van der Waals surface area contributed by atoms with E-state index in [0.717, 1.165) is 5.56 Å². The Morgan fingerprint density at radius 2 is 1.97 bits per heavy atom. The van der Waals surface area contributed by atoms with Gasteiger partial charge in [0.05, 0.1) is 29.2 Å². The second-order valence-corrected chi connectivity index (χ2v) is 9.25. The van der Waals surface area contributed by atoms with Crippen LogP contribution in [0.15, 0.2) is 60.8 Å². The number of aliphatic hydroxyl groups excluding tert-OH is 1. The van der Waals surface area contributed by atoms with E-state index in [4.69, 9.17) is 10.8 Å². The van der Waals surface area contributed by atoms with Crippen LogP contribution in [0.3, 0.4) is 0 Å². The molecule has 0 atom stereocenters. The van der Waals surface area contributed by atoms with Crippen LogP contribution in [0, 0.1) is 5.82 Å². The predicted octanol–water partition coefficient (Wildman–Crippen LogP) is 4.57. The Hall–Kier alpha value is -3.66. The lowest BCUT2D eigenvalue weighted by atomic mass is 9.96. The Bertz CT molecular complexity index is 1350. The van der Waals surface area contributed by atoms with Gasteiger partial charge in [-0.3, -0.25) is 9.78 Å². The van der Waals surface area contributed by atoms with E-state index in [2.05, 4.69) is 15.3 Å². The Kier molecular flexibility index (Phi) is 6.43. The van der Waals surface area contributed by atoms with Crippen LogP contribution in [0.5, 0.6) is 0 Å². The van der Waals surface area contributed by atoms with Crippen molar-refractivity contribution in [3.63, 3.8) is 0 Å². The molecule has 4 rings (SSSR count). The molecule has 1 aromatic carbocycles. The molecule has 0 saturated carbocycles. The van der Waals surface area contributed by atoms with Crippen LogP contribution in [0.1, 0.15) is 35.5 Å². The lowest BCUT2D eigenvalue weighted by Crippen LogP contribution is -2.15. The van der Waals surface area contributed by atoms with Crippen LogP contribution in [0.25, 0.3) is 21.7 Å². The molecule has 4 aromatic rings. The largest absolute Gasteiger partial charge is 0.390 e. The van der Waals surface area contributed by atoms with E-state index in [1.807, 2.05) is 12.1 Å². The number of nitrogens with zero attached hydrogens (tertiary/aromatic N) is 2. The smallest absolute Gasteiger partial charge is 0.251 e. The molecule has 174 valence electrons. The van der Waals surface area contributed by atoms with Crippen molar-refractivity contribution in [2.75, 3.05) is 5.32 Å². The van der Waals surface area contributed by atoms with Gasteiger partial charge in [0.1, 0.15) is 16.6 Å². The summed E-state index contributed by atoms with van der Waals surface area (Å²) in [6, 6.07) is 14.9. The van der Waals surface area contributed by atoms with Crippen LogP contribution in [-0.2, 0) is 12.2 Å². The molecule has 0 aliphatic heterocycles. The van der Waals surface area contributed by atoms with Crippen molar-refractivity contribution in [2.24, 2.45) is 5.73 Å². The molecule has 1 amide bonds. The number of thiophene rings is 1. The van der Waals surface area contributed by atoms with Crippen LogP contribution >= 0.6 is 11.3 Å². The summed E-state index contributed by atoms with van der Waals surface area (Å²) in [5.41, 5.74) is 7.32. The zero-order valence-corrected chi connectivity index (χ0v) is 19.4. The number of pyridine rings is 2. The highest BCUT2D eigenvalue weighted by molar-refractivity contribution is 7.19. The molecule has 0 bridgehead atoms. The van der Waals surface area contributed by atoms with E-state index in [0.29, 0.717) is 38.2 Å². The molecule has 34 heavy (non-hydrogen) atoms. The van der Waals surface area contributed by atoms with Gasteiger partial charge >= 0.3 is 0 Å². The molecular weight excluding hydrogens is 455 g/mol. The maximum Gasteiger partial charge on any atom is 0.251 e. The van der Waals surface area contributed by atoms with Crippen LogP contribution in [0.4, 0.5) is 15.2 Å². The van der Waals surface area contributed by atoms with Crippen molar-refractivity contribution in [2.45, 2.75) is 26.1 Å². The fourth-order valence-corrected chi connectivity index (χ4v) is 4.44. The first-order valence-corrected chi connectivity index (χ1v) is 11.2. The zero-order chi connectivity index (χ0) is 24.5. The zero-order valence-electron chi connectivity index (χ0n) is 18.5. The number of nitrogens with two attached hydrogens (primary N) is 1. The van der Waals surface area contributed by atoms with Gasteiger partial charge in [-0.1, -0.05) is 18.2 Å². The molecular formula is C25H23FN4O3S. The molecule has 0 radical (unpaired) electrons. The molecule has 0 saturated heterocycles. The van der Waals surface area contributed by atoms with E-state index in [-0.39, 0.29) is 12.2 Å². The molecule has 3 heterocycles. The number of carbonyl (C=O) groups excluding carboxylic acids is 1. The Morgan fingerprint density at radius 3 is 2.59 bits per heavy atom. The summed E-state index contributed by atoms with van der Waals surface area (Å²) >= 11 is 1.18. The number of amides is 1. The SMILES string of the molecule is CC(C)(O)c1ccc(-c2cc(C(N)=O)c(Nc3cccc(-c4ccc(CO)nc4)n3)s2)c(F)c1. The first kappa shape index (κ1) is 23.5.